The molecular weight excluding hydrogens is 431 g/mol. The van der Waals surface area contributed by atoms with Crippen molar-refractivity contribution < 1.29 is 14.3 Å². The summed E-state index contributed by atoms with van der Waals surface area (Å²) in [5.74, 6) is -1.06. The molecule has 34 heavy (non-hydrogen) atoms. The van der Waals surface area contributed by atoms with Gasteiger partial charge in [0, 0.05) is 55.6 Å². The molecule has 0 bridgehead atoms. The van der Waals surface area contributed by atoms with E-state index < -0.39 is 5.97 Å². The molecule has 2 aliphatic carbocycles. The molecule has 0 aromatic heterocycles. The van der Waals surface area contributed by atoms with E-state index in [1.165, 1.54) is 11.1 Å². The van der Waals surface area contributed by atoms with Gasteiger partial charge in [-0.1, -0.05) is 12.2 Å². The van der Waals surface area contributed by atoms with Crippen molar-refractivity contribution in [3.8, 4) is 0 Å². The molecule has 0 unspecified atom stereocenters. The maximum absolute atomic E-state index is 14.5. The normalized spacial score (nSPS) is 26.2. The number of halogens is 1. The van der Waals surface area contributed by atoms with Gasteiger partial charge < -0.3 is 10.0 Å². The van der Waals surface area contributed by atoms with Crippen molar-refractivity contribution in [3.05, 3.63) is 69.8 Å². The fraction of sp³-hybridized carbons (Fsp3) is 0.407. The van der Waals surface area contributed by atoms with Crippen LogP contribution < -0.4 is 5.43 Å². The Labute approximate surface area is 198 Å². The molecule has 1 aromatic carbocycles. The van der Waals surface area contributed by atoms with Crippen LogP contribution in [-0.4, -0.2) is 59.3 Å². The van der Waals surface area contributed by atoms with Crippen molar-refractivity contribution in [1.82, 2.24) is 15.2 Å². The van der Waals surface area contributed by atoms with Gasteiger partial charge in [-0.05, 0) is 67.0 Å². The summed E-state index contributed by atoms with van der Waals surface area (Å²) in [5.41, 5.74) is 11.4. The van der Waals surface area contributed by atoms with E-state index in [1.54, 1.807) is 12.1 Å². The standard InChI is InChI=1S/C27H29FN4O2/c1-31-14-22(16-8-10-32(11-9-16)20-5-2-17(3-6-20)27(33)34)26-23(15-31)21-13-19(28)12-18-4-7-24(25(18)21)29-30-26/h4,7-8,12-13,15,17,20,30H,2-3,5-6,9-11,14H2,1H3,(H,33,34). The Kier molecular flexibility index (Phi) is 5.17. The summed E-state index contributed by atoms with van der Waals surface area (Å²) in [6.07, 6.45) is 12.7. The molecule has 5 aliphatic rings. The van der Waals surface area contributed by atoms with Crippen molar-refractivity contribution >= 4 is 23.3 Å². The third-order valence-corrected chi connectivity index (χ3v) is 7.91. The van der Waals surface area contributed by atoms with E-state index in [0.29, 0.717) is 6.04 Å². The zero-order valence-electron chi connectivity index (χ0n) is 19.4. The molecule has 6 nitrogen and oxygen atoms in total. The summed E-state index contributed by atoms with van der Waals surface area (Å²) in [6.45, 7) is 2.63. The third-order valence-electron chi connectivity index (χ3n) is 7.91. The van der Waals surface area contributed by atoms with Gasteiger partial charge >= 0.3 is 5.97 Å². The molecule has 1 fully saturated rings. The second-order valence-electron chi connectivity index (χ2n) is 9.99. The van der Waals surface area contributed by atoms with Crippen LogP contribution in [0.4, 0.5) is 4.39 Å². The monoisotopic (exact) mass is 460 g/mol. The lowest BCUT2D eigenvalue weighted by molar-refractivity contribution is -0.143. The predicted octanol–water partition coefficient (Wildman–Crippen LogP) is 3.98. The Morgan fingerprint density at radius 1 is 1.21 bits per heavy atom. The van der Waals surface area contributed by atoms with E-state index in [0.717, 1.165) is 85.4 Å². The molecule has 3 heterocycles. The van der Waals surface area contributed by atoms with E-state index in [-0.39, 0.29) is 11.7 Å². The second-order valence-corrected chi connectivity index (χ2v) is 9.99. The molecule has 0 amide bonds. The summed E-state index contributed by atoms with van der Waals surface area (Å²) >= 11 is 0. The minimum atomic E-state index is -0.650. The number of fused-ring (bicyclic) bond motifs is 2. The minimum absolute atomic E-state index is 0.177. The van der Waals surface area contributed by atoms with E-state index in [4.69, 9.17) is 0 Å². The van der Waals surface area contributed by atoms with Gasteiger partial charge in [-0.2, -0.15) is 5.10 Å². The number of carboxylic acids is 1. The number of hydrazone groups is 1. The van der Waals surface area contributed by atoms with Crippen molar-refractivity contribution in [1.29, 1.82) is 0 Å². The van der Waals surface area contributed by atoms with Gasteiger partial charge in [-0.25, -0.2) is 4.39 Å². The molecule has 2 N–H and O–H groups in total. The number of carbonyl (C=O) groups is 1. The van der Waals surface area contributed by atoms with E-state index >= 15 is 0 Å². The average molecular weight is 461 g/mol. The zero-order chi connectivity index (χ0) is 23.4. The van der Waals surface area contributed by atoms with Gasteiger partial charge in [-0.3, -0.25) is 15.1 Å². The van der Waals surface area contributed by atoms with Gasteiger partial charge in [0.15, 0.2) is 0 Å². The van der Waals surface area contributed by atoms with Crippen molar-refractivity contribution in [2.75, 3.05) is 26.7 Å². The summed E-state index contributed by atoms with van der Waals surface area (Å²) in [6, 6.07) is 3.67. The highest BCUT2D eigenvalue weighted by Crippen LogP contribution is 2.40. The number of benzene rings is 1. The number of aliphatic carboxylic acids is 1. The Balaban J connectivity index is 1.29. The lowest BCUT2D eigenvalue weighted by Gasteiger charge is -2.38. The van der Waals surface area contributed by atoms with Crippen LogP contribution in [0.1, 0.15) is 48.8 Å². The van der Waals surface area contributed by atoms with Gasteiger partial charge in [0.1, 0.15) is 5.82 Å². The summed E-state index contributed by atoms with van der Waals surface area (Å²) in [5, 5.41) is 14.0. The first-order chi connectivity index (χ1) is 16.5. The number of hydrogen-bond acceptors (Lipinski definition) is 5. The average Bonchev–Trinajstić information content (AvgIpc) is 3.17. The highest BCUT2D eigenvalue weighted by atomic mass is 19.1. The van der Waals surface area contributed by atoms with Crippen LogP contribution in [0.3, 0.4) is 0 Å². The molecule has 0 spiro atoms. The Morgan fingerprint density at radius 3 is 2.76 bits per heavy atom. The van der Waals surface area contributed by atoms with E-state index in [9.17, 15) is 14.3 Å². The first-order valence-corrected chi connectivity index (χ1v) is 12.2. The fourth-order valence-electron chi connectivity index (χ4n) is 6.11. The summed E-state index contributed by atoms with van der Waals surface area (Å²) in [4.78, 5) is 16.0. The number of nitrogens with zero attached hydrogens (tertiary/aromatic N) is 3. The van der Waals surface area contributed by atoms with Gasteiger partial charge in [0.2, 0.25) is 0 Å². The minimum Gasteiger partial charge on any atom is -0.481 e. The molecule has 0 radical (unpaired) electrons. The summed E-state index contributed by atoms with van der Waals surface area (Å²) < 4.78 is 14.5. The fourth-order valence-corrected chi connectivity index (χ4v) is 6.11. The number of likely N-dealkylation sites (N-methyl/N-ethyl adjacent to an activating group) is 1. The highest BCUT2D eigenvalue weighted by Gasteiger charge is 2.33. The molecule has 0 atom stereocenters. The molecule has 176 valence electrons. The van der Waals surface area contributed by atoms with E-state index in [2.05, 4.69) is 39.7 Å². The molecule has 6 rings (SSSR count). The lowest BCUT2D eigenvalue weighted by Crippen LogP contribution is -2.42. The van der Waals surface area contributed by atoms with Crippen molar-refractivity contribution in [3.63, 3.8) is 0 Å². The number of rotatable bonds is 3. The third kappa shape index (κ3) is 3.59. The molecule has 3 aliphatic heterocycles. The SMILES string of the molecule is CN1C=C2C(=C(C3=CCN(C4CCC(C(=O)O)CC4)CC3)C1)NN=C1C=Cc3cc(F)cc2c31. The molecular formula is C27H29FN4O2. The largest absolute Gasteiger partial charge is 0.481 e. The van der Waals surface area contributed by atoms with Gasteiger partial charge in [0.05, 0.1) is 17.3 Å². The molecule has 0 saturated heterocycles. The van der Waals surface area contributed by atoms with Crippen LogP contribution >= 0.6 is 0 Å². The smallest absolute Gasteiger partial charge is 0.306 e. The molecule has 1 saturated carbocycles. The number of allylic oxidation sites excluding steroid dienone is 2. The van der Waals surface area contributed by atoms with Crippen LogP contribution in [0.5, 0.6) is 0 Å². The maximum Gasteiger partial charge on any atom is 0.306 e. The first kappa shape index (κ1) is 21.4. The zero-order valence-corrected chi connectivity index (χ0v) is 19.4. The van der Waals surface area contributed by atoms with Gasteiger partial charge in [0.25, 0.3) is 0 Å². The van der Waals surface area contributed by atoms with Crippen LogP contribution in [0.25, 0.3) is 11.6 Å². The van der Waals surface area contributed by atoms with Gasteiger partial charge in [-0.15, -0.1) is 0 Å². The highest BCUT2D eigenvalue weighted by molar-refractivity contribution is 6.20. The Hall–Kier alpha value is -3.19. The second kappa shape index (κ2) is 8.24. The molecule has 7 heteroatoms. The Bertz CT molecular complexity index is 1220. The number of nitrogens with one attached hydrogen (secondary N) is 1. The maximum atomic E-state index is 14.5. The topological polar surface area (TPSA) is 68.2 Å². The van der Waals surface area contributed by atoms with Crippen molar-refractivity contribution in [2.24, 2.45) is 11.0 Å². The predicted molar refractivity (Wildman–Crippen MR) is 130 cm³/mol. The van der Waals surface area contributed by atoms with Crippen molar-refractivity contribution in [2.45, 2.75) is 38.1 Å². The van der Waals surface area contributed by atoms with Crippen LogP contribution in [0, 0.1) is 11.7 Å². The van der Waals surface area contributed by atoms with Crippen LogP contribution in [0.2, 0.25) is 0 Å². The summed E-state index contributed by atoms with van der Waals surface area (Å²) in [7, 11) is 2.06. The quantitative estimate of drug-likeness (QED) is 0.714. The van der Waals surface area contributed by atoms with Crippen LogP contribution in [0.15, 0.2) is 52.4 Å². The number of carboxylic acid groups (broad SMARTS) is 1. The number of hydrogen-bond donors (Lipinski definition) is 2. The Morgan fingerprint density at radius 2 is 2.03 bits per heavy atom. The van der Waals surface area contributed by atoms with Crippen LogP contribution in [-0.2, 0) is 4.79 Å². The first-order valence-electron chi connectivity index (χ1n) is 12.2. The van der Waals surface area contributed by atoms with E-state index in [1.807, 2.05) is 12.2 Å². The lowest BCUT2D eigenvalue weighted by atomic mass is 9.84. The molecule has 1 aromatic rings.